The summed E-state index contributed by atoms with van der Waals surface area (Å²) >= 11 is 5.94. The van der Waals surface area contributed by atoms with Crippen LogP contribution in [0, 0.1) is 17.1 Å². The zero-order valence-corrected chi connectivity index (χ0v) is 16.1. The molecule has 7 heteroatoms. The van der Waals surface area contributed by atoms with Crippen molar-refractivity contribution in [3.8, 4) is 6.07 Å². The Morgan fingerprint density at radius 3 is 2.62 bits per heavy atom. The van der Waals surface area contributed by atoms with Crippen LogP contribution in [0.4, 0.5) is 4.39 Å². The van der Waals surface area contributed by atoms with Gasteiger partial charge < -0.3 is 10.6 Å². The van der Waals surface area contributed by atoms with Crippen LogP contribution in [-0.4, -0.2) is 13.0 Å². The maximum atomic E-state index is 13.7. The van der Waals surface area contributed by atoms with Gasteiger partial charge in [0.2, 0.25) is 0 Å². The minimum Gasteiger partial charge on any atom is -0.352 e. The zero-order chi connectivity index (χ0) is 16.7. The largest absolute Gasteiger partial charge is 0.352 e. The molecule has 0 aromatic heterocycles. The summed E-state index contributed by atoms with van der Waals surface area (Å²) in [6.45, 7) is 0.775. The molecule has 24 heavy (non-hydrogen) atoms. The monoisotopic (exact) mass is 458 g/mol. The van der Waals surface area contributed by atoms with Gasteiger partial charge in [0.1, 0.15) is 5.82 Å². The molecule has 0 aliphatic rings. The van der Waals surface area contributed by atoms with Crippen LogP contribution >= 0.6 is 35.6 Å². The van der Waals surface area contributed by atoms with Gasteiger partial charge in [-0.3, -0.25) is 4.99 Å². The van der Waals surface area contributed by atoms with E-state index in [1.54, 1.807) is 7.05 Å². The van der Waals surface area contributed by atoms with Crippen molar-refractivity contribution in [2.75, 3.05) is 7.05 Å². The van der Waals surface area contributed by atoms with Crippen LogP contribution in [0.2, 0.25) is 5.02 Å². The Hall–Kier alpha value is -1.85. The number of aliphatic imine (C=N–C) groups is 1. The molecule has 0 saturated heterocycles. The number of halogens is 3. The molecule has 0 saturated carbocycles. The number of guanidine groups is 1. The fourth-order valence-corrected chi connectivity index (χ4v) is 2.22. The molecule has 4 nitrogen and oxygen atoms in total. The van der Waals surface area contributed by atoms with Gasteiger partial charge >= 0.3 is 0 Å². The first-order valence-corrected chi connectivity index (χ1v) is 7.37. The molecule has 0 spiro atoms. The summed E-state index contributed by atoms with van der Waals surface area (Å²) < 4.78 is 13.7. The van der Waals surface area contributed by atoms with Crippen molar-refractivity contribution in [2.45, 2.75) is 13.1 Å². The Balaban J connectivity index is 0.00000288. The van der Waals surface area contributed by atoms with Crippen molar-refractivity contribution in [1.82, 2.24) is 10.6 Å². The lowest BCUT2D eigenvalue weighted by Crippen LogP contribution is -2.36. The van der Waals surface area contributed by atoms with Crippen LogP contribution in [0.3, 0.4) is 0 Å². The summed E-state index contributed by atoms with van der Waals surface area (Å²) in [4.78, 5) is 4.09. The molecule has 0 atom stereocenters. The smallest absolute Gasteiger partial charge is 0.191 e. The highest BCUT2D eigenvalue weighted by atomic mass is 127. The van der Waals surface area contributed by atoms with E-state index in [-0.39, 0.29) is 36.3 Å². The first kappa shape index (κ1) is 20.2. The molecule has 2 N–H and O–H groups in total. The van der Waals surface area contributed by atoms with Gasteiger partial charge in [-0.1, -0.05) is 23.7 Å². The molecule has 0 bridgehead atoms. The van der Waals surface area contributed by atoms with E-state index in [1.807, 2.05) is 30.3 Å². The fraction of sp³-hybridized carbons (Fsp3) is 0.176. The highest BCUT2D eigenvalue weighted by Crippen LogP contribution is 2.11. The fourth-order valence-electron chi connectivity index (χ4n) is 2.01. The van der Waals surface area contributed by atoms with Gasteiger partial charge in [-0.2, -0.15) is 5.26 Å². The van der Waals surface area contributed by atoms with E-state index in [9.17, 15) is 4.39 Å². The van der Waals surface area contributed by atoms with Crippen LogP contribution in [-0.2, 0) is 13.1 Å². The summed E-state index contributed by atoms with van der Waals surface area (Å²) in [6.07, 6.45) is 0. The number of hydrogen-bond donors (Lipinski definition) is 2. The Labute approximate surface area is 162 Å². The second-order valence-corrected chi connectivity index (χ2v) is 5.26. The summed E-state index contributed by atoms with van der Waals surface area (Å²) in [6, 6.07) is 13.7. The van der Waals surface area contributed by atoms with Crippen LogP contribution < -0.4 is 10.6 Å². The topological polar surface area (TPSA) is 60.2 Å². The molecule has 2 aromatic rings. The standard InChI is InChI=1S/C17H16ClFN4.HI/c1-21-17(22-10-13-3-2-4-15(18)8-13)23-11-14-7-12(9-20)5-6-16(14)19;/h2-8H,10-11H2,1H3,(H2,21,22,23);1H. The van der Waals surface area contributed by atoms with E-state index < -0.39 is 0 Å². The highest BCUT2D eigenvalue weighted by Gasteiger charge is 2.05. The van der Waals surface area contributed by atoms with Crippen molar-refractivity contribution in [2.24, 2.45) is 4.99 Å². The predicted molar refractivity (Wildman–Crippen MR) is 105 cm³/mol. The van der Waals surface area contributed by atoms with Gasteiger partial charge in [0.05, 0.1) is 11.6 Å². The maximum Gasteiger partial charge on any atom is 0.191 e. The number of nitriles is 1. The number of nitrogens with one attached hydrogen (secondary N) is 2. The van der Waals surface area contributed by atoms with Crippen LogP contribution in [0.25, 0.3) is 0 Å². The first-order valence-electron chi connectivity index (χ1n) is 7.00. The van der Waals surface area contributed by atoms with E-state index >= 15 is 0 Å². The lowest BCUT2D eigenvalue weighted by molar-refractivity contribution is 0.604. The maximum absolute atomic E-state index is 13.7. The van der Waals surface area contributed by atoms with Gasteiger partial charge in [0.25, 0.3) is 0 Å². The molecule has 0 radical (unpaired) electrons. The third-order valence-corrected chi connectivity index (χ3v) is 3.43. The summed E-state index contributed by atoms with van der Waals surface area (Å²) in [5.41, 5.74) is 1.85. The molecule has 2 aromatic carbocycles. The van der Waals surface area contributed by atoms with E-state index in [2.05, 4.69) is 15.6 Å². The first-order chi connectivity index (χ1) is 11.1. The van der Waals surface area contributed by atoms with E-state index in [0.717, 1.165) is 5.56 Å². The lowest BCUT2D eigenvalue weighted by Gasteiger charge is -2.12. The number of benzene rings is 2. The SMILES string of the molecule is CN=C(NCc1cccc(Cl)c1)NCc1cc(C#N)ccc1F.I. The van der Waals surface area contributed by atoms with Gasteiger partial charge in [-0.15, -0.1) is 24.0 Å². The molecule has 0 aliphatic heterocycles. The molecule has 0 heterocycles. The van der Waals surface area contributed by atoms with Crippen molar-refractivity contribution < 1.29 is 4.39 Å². The van der Waals surface area contributed by atoms with Crippen LogP contribution in [0.5, 0.6) is 0 Å². The van der Waals surface area contributed by atoms with Crippen molar-refractivity contribution >= 4 is 41.5 Å². The number of nitrogens with zero attached hydrogens (tertiary/aromatic N) is 2. The minimum absolute atomic E-state index is 0. The van der Waals surface area contributed by atoms with Crippen molar-refractivity contribution in [3.05, 3.63) is 70.0 Å². The minimum atomic E-state index is -0.359. The van der Waals surface area contributed by atoms with E-state index in [4.69, 9.17) is 16.9 Å². The van der Waals surface area contributed by atoms with E-state index in [1.165, 1.54) is 18.2 Å². The molecule has 0 fully saturated rings. The summed E-state index contributed by atoms with van der Waals surface area (Å²) in [7, 11) is 1.63. The Bertz CT molecular complexity index is 758. The molecular formula is C17H17ClFIN4. The summed E-state index contributed by atoms with van der Waals surface area (Å²) in [5.74, 6) is 0.175. The highest BCUT2D eigenvalue weighted by molar-refractivity contribution is 14.0. The van der Waals surface area contributed by atoms with Crippen LogP contribution in [0.1, 0.15) is 16.7 Å². The average molecular weight is 459 g/mol. The van der Waals surface area contributed by atoms with Crippen LogP contribution in [0.15, 0.2) is 47.5 Å². The molecular weight excluding hydrogens is 442 g/mol. The molecule has 0 aliphatic carbocycles. The molecule has 126 valence electrons. The average Bonchev–Trinajstić information content (AvgIpc) is 2.56. The van der Waals surface area contributed by atoms with Gasteiger partial charge in [0, 0.05) is 30.7 Å². The lowest BCUT2D eigenvalue weighted by atomic mass is 10.1. The van der Waals surface area contributed by atoms with Gasteiger partial charge in [-0.25, -0.2) is 4.39 Å². The molecule has 2 rings (SSSR count). The Kier molecular flexibility index (Phi) is 8.50. The van der Waals surface area contributed by atoms with Crippen molar-refractivity contribution in [3.63, 3.8) is 0 Å². The Morgan fingerprint density at radius 1 is 1.21 bits per heavy atom. The molecule has 0 amide bonds. The third kappa shape index (κ3) is 5.98. The zero-order valence-electron chi connectivity index (χ0n) is 13.0. The third-order valence-electron chi connectivity index (χ3n) is 3.19. The number of rotatable bonds is 4. The summed E-state index contributed by atoms with van der Waals surface area (Å²) in [5, 5.41) is 15.7. The second kappa shape index (κ2) is 10.1. The van der Waals surface area contributed by atoms with Gasteiger partial charge in [-0.05, 0) is 35.9 Å². The van der Waals surface area contributed by atoms with Crippen molar-refractivity contribution in [1.29, 1.82) is 5.26 Å². The normalized spacial score (nSPS) is 10.5. The predicted octanol–water partition coefficient (Wildman–Crippen LogP) is 3.83. The van der Waals surface area contributed by atoms with Gasteiger partial charge in [0.15, 0.2) is 5.96 Å². The Morgan fingerprint density at radius 2 is 1.96 bits per heavy atom. The molecule has 0 unspecified atom stereocenters. The number of hydrogen-bond acceptors (Lipinski definition) is 2. The quantitative estimate of drug-likeness (QED) is 0.416. The van der Waals surface area contributed by atoms with E-state index in [0.29, 0.717) is 28.7 Å². The second-order valence-electron chi connectivity index (χ2n) is 4.83.